The summed E-state index contributed by atoms with van der Waals surface area (Å²) in [6.07, 6.45) is 2.25. The summed E-state index contributed by atoms with van der Waals surface area (Å²) in [5.41, 5.74) is 0. The van der Waals surface area contributed by atoms with E-state index in [1.165, 1.54) is 11.8 Å². The summed E-state index contributed by atoms with van der Waals surface area (Å²) in [6, 6.07) is 5.47. The highest BCUT2D eigenvalue weighted by molar-refractivity contribution is 8.01. The Kier molecular flexibility index (Phi) is 3.19. The van der Waals surface area contributed by atoms with Crippen molar-refractivity contribution in [3.05, 3.63) is 24.4 Å². The minimum Gasteiger partial charge on any atom is -0.392 e. The molecule has 17 heavy (non-hydrogen) atoms. The van der Waals surface area contributed by atoms with E-state index in [0.29, 0.717) is 6.42 Å². The van der Waals surface area contributed by atoms with Crippen molar-refractivity contribution in [3.8, 4) is 0 Å². The van der Waals surface area contributed by atoms with Gasteiger partial charge in [0, 0.05) is 6.20 Å². The third kappa shape index (κ3) is 2.07. The predicted molar refractivity (Wildman–Crippen MR) is 63.4 cm³/mol. The second-order valence-electron chi connectivity index (χ2n) is 4.05. The Hall–Kier alpha value is -1.36. The molecule has 0 aliphatic carbocycles. The molecule has 1 saturated heterocycles. The van der Waals surface area contributed by atoms with Gasteiger partial charge in [-0.15, -0.1) is 0 Å². The molecular weight excluding hydrogens is 238 g/mol. The van der Waals surface area contributed by atoms with Crippen LogP contribution in [0.2, 0.25) is 0 Å². The highest BCUT2D eigenvalue weighted by Gasteiger charge is 2.54. The van der Waals surface area contributed by atoms with Gasteiger partial charge in [0.05, 0.1) is 10.9 Å². The molecule has 2 atom stereocenters. The quantitative estimate of drug-likeness (QED) is 0.608. The molecule has 2 heterocycles. The van der Waals surface area contributed by atoms with Gasteiger partial charge in [0.25, 0.3) is 0 Å². The Morgan fingerprint density at radius 2 is 2.24 bits per heavy atom. The standard InChI is InChI=1S/C12H13NO3S/c1-3-8-10(14)16-11(15)12(8,2)17-9-6-4-5-7-13-9/h4-8H,3H2,1-2H3/t8-,12+/m0/s1. The number of aromatic nitrogens is 1. The van der Waals surface area contributed by atoms with Crippen LogP contribution in [0.3, 0.4) is 0 Å². The first-order valence-corrected chi connectivity index (χ1v) is 6.25. The van der Waals surface area contributed by atoms with Crippen molar-refractivity contribution in [1.82, 2.24) is 4.98 Å². The lowest BCUT2D eigenvalue weighted by atomic mass is 9.93. The number of carbonyl (C=O) groups excluding carboxylic acids is 2. The summed E-state index contributed by atoms with van der Waals surface area (Å²) >= 11 is 1.29. The summed E-state index contributed by atoms with van der Waals surface area (Å²) in [4.78, 5) is 27.5. The van der Waals surface area contributed by atoms with Crippen molar-refractivity contribution < 1.29 is 14.3 Å². The van der Waals surface area contributed by atoms with Crippen LogP contribution in [0.5, 0.6) is 0 Å². The molecule has 1 aliphatic heterocycles. The second-order valence-corrected chi connectivity index (χ2v) is 5.52. The van der Waals surface area contributed by atoms with E-state index in [4.69, 9.17) is 4.74 Å². The summed E-state index contributed by atoms with van der Waals surface area (Å²) in [5, 5.41) is 0.722. The van der Waals surface area contributed by atoms with Crippen molar-refractivity contribution in [2.45, 2.75) is 30.0 Å². The van der Waals surface area contributed by atoms with Gasteiger partial charge in [0.15, 0.2) is 0 Å². The van der Waals surface area contributed by atoms with Crippen LogP contribution in [0.15, 0.2) is 29.4 Å². The highest BCUT2D eigenvalue weighted by Crippen LogP contribution is 2.44. The number of ether oxygens (including phenoxy) is 1. The molecule has 90 valence electrons. The van der Waals surface area contributed by atoms with Crippen molar-refractivity contribution in [3.63, 3.8) is 0 Å². The number of rotatable bonds is 3. The predicted octanol–water partition coefficient (Wildman–Crippen LogP) is 2.04. The highest BCUT2D eigenvalue weighted by atomic mass is 32.2. The van der Waals surface area contributed by atoms with Gasteiger partial charge in [0.2, 0.25) is 0 Å². The normalized spacial score (nSPS) is 28.2. The van der Waals surface area contributed by atoms with Crippen molar-refractivity contribution in [1.29, 1.82) is 0 Å². The number of pyridine rings is 1. The zero-order valence-corrected chi connectivity index (χ0v) is 10.5. The molecule has 5 heteroatoms. The molecule has 1 aromatic rings. The Labute approximate surface area is 104 Å². The van der Waals surface area contributed by atoms with Crippen LogP contribution in [-0.2, 0) is 14.3 Å². The van der Waals surface area contributed by atoms with Crippen molar-refractivity contribution >= 4 is 23.7 Å². The first-order chi connectivity index (χ1) is 8.08. The van der Waals surface area contributed by atoms with E-state index >= 15 is 0 Å². The third-order valence-corrected chi connectivity index (χ3v) is 4.24. The van der Waals surface area contributed by atoms with Gasteiger partial charge in [-0.1, -0.05) is 24.8 Å². The van der Waals surface area contributed by atoms with E-state index in [9.17, 15) is 9.59 Å². The van der Waals surface area contributed by atoms with E-state index in [2.05, 4.69) is 4.98 Å². The fourth-order valence-electron chi connectivity index (χ4n) is 1.92. The summed E-state index contributed by atoms with van der Waals surface area (Å²) < 4.78 is 3.87. The minimum absolute atomic E-state index is 0.401. The van der Waals surface area contributed by atoms with Crippen LogP contribution < -0.4 is 0 Å². The monoisotopic (exact) mass is 251 g/mol. The number of hydrogen-bond acceptors (Lipinski definition) is 5. The van der Waals surface area contributed by atoms with Gasteiger partial charge in [-0.05, 0) is 25.5 Å². The number of carbonyl (C=O) groups is 2. The van der Waals surface area contributed by atoms with E-state index < -0.39 is 22.6 Å². The Bertz CT molecular complexity index is 448. The third-order valence-electron chi connectivity index (χ3n) is 2.91. The fourth-order valence-corrected chi connectivity index (χ4v) is 3.15. The molecular formula is C12H13NO3S. The van der Waals surface area contributed by atoms with Gasteiger partial charge in [-0.25, -0.2) is 4.98 Å². The zero-order valence-electron chi connectivity index (χ0n) is 9.67. The van der Waals surface area contributed by atoms with Gasteiger partial charge in [-0.3, -0.25) is 9.59 Å². The van der Waals surface area contributed by atoms with Crippen molar-refractivity contribution in [2.75, 3.05) is 0 Å². The van der Waals surface area contributed by atoms with Crippen LogP contribution in [0.4, 0.5) is 0 Å². The SMILES string of the molecule is CC[C@H]1C(=O)OC(=O)[C@]1(C)Sc1ccccn1. The Morgan fingerprint density at radius 3 is 2.82 bits per heavy atom. The van der Waals surface area contributed by atoms with E-state index in [1.54, 1.807) is 13.1 Å². The maximum absolute atomic E-state index is 11.8. The molecule has 1 aliphatic rings. The molecule has 2 rings (SSSR count). The van der Waals surface area contributed by atoms with E-state index in [1.807, 2.05) is 25.1 Å². The lowest BCUT2D eigenvalue weighted by Crippen LogP contribution is -2.34. The number of nitrogens with zero attached hydrogens (tertiary/aromatic N) is 1. The van der Waals surface area contributed by atoms with E-state index in [-0.39, 0.29) is 0 Å². The molecule has 0 spiro atoms. The molecule has 0 aromatic carbocycles. The second kappa shape index (κ2) is 4.49. The fraction of sp³-hybridized carbons (Fsp3) is 0.417. The molecule has 0 amide bonds. The maximum atomic E-state index is 11.8. The van der Waals surface area contributed by atoms with Gasteiger partial charge in [0.1, 0.15) is 4.75 Å². The van der Waals surface area contributed by atoms with Crippen LogP contribution in [0, 0.1) is 5.92 Å². The summed E-state index contributed by atoms with van der Waals surface area (Å²) in [5.74, 6) is -1.30. The van der Waals surface area contributed by atoms with Crippen LogP contribution in [-0.4, -0.2) is 21.7 Å². The summed E-state index contributed by atoms with van der Waals surface area (Å²) in [6.45, 7) is 3.62. The maximum Gasteiger partial charge on any atom is 0.330 e. The largest absolute Gasteiger partial charge is 0.392 e. The molecule has 0 N–H and O–H groups in total. The summed E-state index contributed by atoms with van der Waals surface area (Å²) in [7, 11) is 0. The molecule has 0 unspecified atom stereocenters. The Morgan fingerprint density at radius 1 is 1.47 bits per heavy atom. The van der Waals surface area contributed by atoms with Crippen LogP contribution in [0.25, 0.3) is 0 Å². The molecule has 0 bridgehead atoms. The zero-order chi connectivity index (χ0) is 12.5. The molecule has 1 aromatic heterocycles. The minimum atomic E-state index is -0.861. The first-order valence-electron chi connectivity index (χ1n) is 5.44. The number of cyclic esters (lactones) is 2. The molecule has 4 nitrogen and oxygen atoms in total. The lowest BCUT2D eigenvalue weighted by Gasteiger charge is -2.22. The first kappa shape index (κ1) is 12.1. The topological polar surface area (TPSA) is 56.3 Å². The molecule has 0 saturated carbocycles. The van der Waals surface area contributed by atoms with Gasteiger partial charge < -0.3 is 4.74 Å². The number of hydrogen-bond donors (Lipinski definition) is 0. The average molecular weight is 251 g/mol. The molecule has 0 radical (unpaired) electrons. The van der Waals surface area contributed by atoms with Crippen LogP contribution >= 0.6 is 11.8 Å². The van der Waals surface area contributed by atoms with Crippen LogP contribution in [0.1, 0.15) is 20.3 Å². The Balaban J connectivity index is 2.28. The van der Waals surface area contributed by atoms with Crippen molar-refractivity contribution in [2.24, 2.45) is 5.92 Å². The van der Waals surface area contributed by atoms with E-state index in [0.717, 1.165) is 5.03 Å². The lowest BCUT2D eigenvalue weighted by molar-refractivity contribution is -0.153. The molecule has 1 fully saturated rings. The van der Waals surface area contributed by atoms with Gasteiger partial charge >= 0.3 is 11.9 Å². The number of thioether (sulfide) groups is 1. The smallest absolute Gasteiger partial charge is 0.330 e. The van der Waals surface area contributed by atoms with Gasteiger partial charge in [-0.2, -0.15) is 0 Å². The average Bonchev–Trinajstić information content (AvgIpc) is 2.50. The number of esters is 2.